The maximum Gasteiger partial charge on any atom is 0.433 e. The molecule has 0 bridgehead atoms. The summed E-state index contributed by atoms with van der Waals surface area (Å²) >= 11 is 0.615. The molecule has 10 heteroatoms. The largest absolute Gasteiger partial charge is 0.465 e. The van der Waals surface area contributed by atoms with Crippen molar-refractivity contribution in [2.24, 2.45) is 0 Å². The first-order chi connectivity index (χ1) is 10.4. The normalized spacial score (nSPS) is 16.4. The fourth-order valence-corrected chi connectivity index (χ4v) is 2.44. The van der Waals surface area contributed by atoms with Crippen molar-refractivity contribution in [2.75, 3.05) is 13.2 Å². The van der Waals surface area contributed by atoms with Gasteiger partial charge in [-0.1, -0.05) is 0 Å². The number of hydrogen-bond donors (Lipinski definition) is 0. The number of thioether (sulfide) groups is 1. The lowest BCUT2D eigenvalue weighted by Gasteiger charge is -2.10. The third-order valence-electron chi connectivity index (χ3n) is 2.53. The van der Waals surface area contributed by atoms with Gasteiger partial charge in [-0.05, 0) is 24.8 Å². The molecule has 9 nitrogen and oxygen atoms in total. The molecule has 0 spiro atoms. The second kappa shape index (κ2) is 6.43. The number of imide groups is 1. The van der Waals surface area contributed by atoms with Crippen LogP contribution >= 0.6 is 11.8 Å². The van der Waals surface area contributed by atoms with E-state index in [4.69, 9.17) is 4.42 Å². The van der Waals surface area contributed by atoms with E-state index >= 15 is 0 Å². The highest BCUT2D eigenvalue weighted by atomic mass is 32.2. The van der Waals surface area contributed by atoms with Crippen molar-refractivity contribution < 1.29 is 28.5 Å². The first-order valence-corrected chi connectivity index (χ1v) is 6.89. The zero-order valence-corrected chi connectivity index (χ0v) is 12.1. The molecule has 0 saturated carbocycles. The van der Waals surface area contributed by atoms with Crippen LogP contribution in [0.3, 0.4) is 0 Å². The number of amides is 2. The Hall–Kier alpha value is -2.62. The monoisotopic (exact) mass is 326 g/mol. The summed E-state index contributed by atoms with van der Waals surface area (Å²) in [6.07, 6.45) is 1.21. The lowest BCUT2D eigenvalue weighted by atomic mass is 10.3. The van der Waals surface area contributed by atoms with E-state index in [0.717, 1.165) is 11.0 Å². The van der Waals surface area contributed by atoms with Crippen molar-refractivity contribution in [3.05, 3.63) is 32.9 Å². The number of carbonyl (C=O) groups excluding carboxylic acids is 3. The van der Waals surface area contributed by atoms with Crippen molar-refractivity contribution in [3.8, 4) is 0 Å². The molecule has 2 rings (SSSR count). The molecule has 1 aliphatic rings. The van der Waals surface area contributed by atoms with E-state index in [1.54, 1.807) is 6.92 Å². The lowest BCUT2D eigenvalue weighted by molar-refractivity contribution is -0.402. The summed E-state index contributed by atoms with van der Waals surface area (Å²) in [5.74, 6) is -1.79. The predicted octanol–water partition coefficient (Wildman–Crippen LogP) is 1.79. The van der Waals surface area contributed by atoms with Gasteiger partial charge in [-0.3, -0.25) is 29.4 Å². The Balaban J connectivity index is 2.14. The van der Waals surface area contributed by atoms with Crippen LogP contribution in [-0.2, 0) is 14.3 Å². The quantitative estimate of drug-likeness (QED) is 0.347. The number of carbonyl (C=O) groups is 3. The molecule has 1 aromatic heterocycles. The van der Waals surface area contributed by atoms with Crippen LogP contribution in [0.1, 0.15) is 12.7 Å². The van der Waals surface area contributed by atoms with E-state index < -0.39 is 34.5 Å². The lowest BCUT2D eigenvalue weighted by Crippen LogP contribution is -2.34. The molecule has 0 N–H and O–H groups in total. The molecular formula is C12H10N2O7S. The van der Waals surface area contributed by atoms with Gasteiger partial charge in [0.05, 0.1) is 17.6 Å². The van der Waals surface area contributed by atoms with Gasteiger partial charge in [0.15, 0.2) is 0 Å². The van der Waals surface area contributed by atoms with Crippen LogP contribution < -0.4 is 0 Å². The van der Waals surface area contributed by atoms with Crippen molar-refractivity contribution in [1.82, 2.24) is 4.90 Å². The van der Waals surface area contributed by atoms with Crippen molar-refractivity contribution in [2.45, 2.75) is 6.92 Å². The number of ether oxygens (including phenoxy) is 1. The molecule has 0 radical (unpaired) electrons. The molecular weight excluding hydrogens is 316 g/mol. The Labute approximate surface area is 128 Å². The van der Waals surface area contributed by atoms with Gasteiger partial charge in [0.2, 0.25) is 0 Å². The minimum atomic E-state index is -0.718. The third-order valence-corrected chi connectivity index (χ3v) is 3.44. The maximum atomic E-state index is 12.0. The average Bonchev–Trinajstić information content (AvgIpc) is 3.01. The summed E-state index contributed by atoms with van der Waals surface area (Å²) in [6, 6.07) is 2.44. The zero-order valence-electron chi connectivity index (χ0n) is 11.3. The van der Waals surface area contributed by atoms with E-state index in [9.17, 15) is 24.5 Å². The Morgan fingerprint density at radius 1 is 1.50 bits per heavy atom. The van der Waals surface area contributed by atoms with Crippen molar-refractivity contribution in [3.63, 3.8) is 0 Å². The van der Waals surface area contributed by atoms with E-state index in [-0.39, 0.29) is 17.3 Å². The molecule has 1 saturated heterocycles. The van der Waals surface area contributed by atoms with Gasteiger partial charge in [0.1, 0.15) is 17.2 Å². The van der Waals surface area contributed by atoms with Gasteiger partial charge in [-0.25, -0.2) is 0 Å². The highest BCUT2D eigenvalue weighted by Crippen LogP contribution is 2.32. The molecule has 116 valence electrons. The van der Waals surface area contributed by atoms with Crippen LogP contribution in [0.4, 0.5) is 10.7 Å². The minimum absolute atomic E-state index is 0.0125. The van der Waals surface area contributed by atoms with Gasteiger partial charge in [-0.2, -0.15) is 0 Å². The fraction of sp³-hybridized carbons (Fsp3) is 0.250. The molecule has 1 fully saturated rings. The molecule has 0 aromatic carbocycles. The standard InChI is InChI=1S/C12H10N2O7S/c1-2-20-10(15)6-13-11(16)8(22-12(13)17)5-7-3-4-9(21-7)14(18)19/h3-5H,2,6H2,1H3/b8-5+. The first kappa shape index (κ1) is 15.8. The highest BCUT2D eigenvalue weighted by molar-refractivity contribution is 8.18. The molecule has 0 atom stereocenters. The van der Waals surface area contributed by atoms with Gasteiger partial charge in [0.25, 0.3) is 11.1 Å². The molecule has 2 amide bonds. The molecule has 1 aliphatic heterocycles. The van der Waals surface area contributed by atoms with Gasteiger partial charge in [0, 0.05) is 6.08 Å². The van der Waals surface area contributed by atoms with Crippen molar-refractivity contribution in [1.29, 1.82) is 0 Å². The first-order valence-electron chi connectivity index (χ1n) is 6.07. The van der Waals surface area contributed by atoms with Crippen LogP contribution in [0.25, 0.3) is 6.08 Å². The SMILES string of the molecule is CCOC(=O)CN1C(=O)S/C(=C/c2ccc([N+](=O)[O-])o2)C1=O. The Bertz CT molecular complexity index is 679. The molecule has 0 unspecified atom stereocenters. The summed E-state index contributed by atoms with van der Waals surface area (Å²) in [7, 11) is 0. The second-order valence-corrected chi connectivity index (χ2v) is 5.00. The minimum Gasteiger partial charge on any atom is -0.465 e. The summed E-state index contributed by atoms with van der Waals surface area (Å²) in [5, 5.41) is 9.89. The van der Waals surface area contributed by atoms with E-state index in [0.29, 0.717) is 11.8 Å². The van der Waals surface area contributed by atoms with Gasteiger partial charge < -0.3 is 9.15 Å². The fourth-order valence-electron chi connectivity index (χ4n) is 1.62. The van der Waals surface area contributed by atoms with Gasteiger partial charge in [-0.15, -0.1) is 0 Å². The van der Waals surface area contributed by atoms with E-state index in [1.807, 2.05) is 0 Å². The predicted molar refractivity (Wildman–Crippen MR) is 74.7 cm³/mol. The number of nitrogens with zero attached hydrogens (tertiary/aromatic N) is 2. The summed E-state index contributed by atoms with van der Waals surface area (Å²) in [5.41, 5.74) is 0. The second-order valence-electron chi connectivity index (χ2n) is 4.01. The summed E-state index contributed by atoms with van der Waals surface area (Å²) in [6.45, 7) is 1.27. The van der Waals surface area contributed by atoms with Crippen molar-refractivity contribution >= 4 is 40.8 Å². The van der Waals surface area contributed by atoms with E-state index in [1.165, 1.54) is 12.1 Å². The summed E-state index contributed by atoms with van der Waals surface area (Å²) < 4.78 is 9.56. The maximum absolute atomic E-state index is 12.0. The third kappa shape index (κ3) is 3.34. The number of furan rings is 1. The Morgan fingerprint density at radius 2 is 2.23 bits per heavy atom. The molecule has 22 heavy (non-hydrogen) atoms. The number of rotatable bonds is 5. The Kier molecular flexibility index (Phi) is 4.61. The zero-order chi connectivity index (χ0) is 16.3. The molecule has 1 aromatic rings. The smallest absolute Gasteiger partial charge is 0.433 e. The number of esters is 1. The number of nitro groups is 1. The highest BCUT2D eigenvalue weighted by Gasteiger charge is 2.36. The topological polar surface area (TPSA) is 120 Å². The Morgan fingerprint density at radius 3 is 2.82 bits per heavy atom. The van der Waals surface area contributed by atoms with Crippen LogP contribution in [0, 0.1) is 10.1 Å². The van der Waals surface area contributed by atoms with E-state index in [2.05, 4.69) is 4.74 Å². The number of hydrogen-bond acceptors (Lipinski definition) is 8. The van der Waals surface area contributed by atoms with Crippen LogP contribution in [-0.4, -0.2) is 40.1 Å². The van der Waals surface area contributed by atoms with Gasteiger partial charge >= 0.3 is 11.9 Å². The molecule has 0 aliphatic carbocycles. The average molecular weight is 326 g/mol. The van der Waals surface area contributed by atoms with Crippen LogP contribution in [0.5, 0.6) is 0 Å². The summed E-state index contributed by atoms with van der Waals surface area (Å²) in [4.78, 5) is 45.6. The van der Waals surface area contributed by atoms with Crippen LogP contribution in [0.15, 0.2) is 21.5 Å². The molecule has 2 heterocycles. The van der Waals surface area contributed by atoms with Crippen LogP contribution in [0.2, 0.25) is 0 Å².